The van der Waals surface area contributed by atoms with Crippen LogP contribution in [0.2, 0.25) is 0 Å². The molecule has 274 valence electrons. The molecule has 0 rings (SSSR count). The summed E-state index contributed by atoms with van der Waals surface area (Å²) in [6.45, 7) is 15.7. The Morgan fingerprint density at radius 1 is 0.609 bits per heavy atom. The van der Waals surface area contributed by atoms with E-state index in [0.29, 0.717) is 26.1 Å². The van der Waals surface area contributed by atoms with E-state index >= 15 is 0 Å². The third kappa shape index (κ3) is 32.8. The summed E-state index contributed by atoms with van der Waals surface area (Å²) < 4.78 is 11.0. The molecule has 0 aromatic heterocycles. The average molecular weight is 654 g/mol. The van der Waals surface area contributed by atoms with Crippen molar-refractivity contribution in [2.75, 3.05) is 39.5 Å². The third-order valence-corrected chi connectivity index (χ3v) is 9.11. The second-order valence-electron chi connectivity index (χ2n) is 15.1. The first-order valence-electron chi connectivity index (χ1n) is 19.8. The lowest BCUT2D eigenvalue weighted by atomic mass is 9.88. The van der Waals surface area contributed by atoms with Gasteiger partial charge in [-0.1, -0.05) is 137 Å². The molecule has 6 nitrogen and oxygen atoms in total. The summed E-state index contributed by atoms with van der Waals surface area (Å²) in [7, 11) is 0. The van der Waals surface area contributed by atoms with E-state index < -0.39 is 0 Å². The molecule has 0 spiro atoms. The first-order valence-corrected chi connectivity index (χ1v) is 19.8. The highest BCUT2D eigenvalue weighted by Gasteiger charge is 2.20. The molecule has 1 N–H and O–H groups in total. The summed E-state index contributed by atoms with van der Waals surface area (Å²) in [5.74, 6) is 0.724. The molecule has 0 heterocycles. The zero-order chi connectivity index (χ0) is 34.1. The molecule has 0 amide bonds. The number of carbonyl (C=O) groups excluding carboxylic acids is 2. The molecule has 0 aliphatic carbocycles. The summed E-state index contributed by atoms with van der Waals surface area (Å²) in [5, 5.41) is 9.35. The Balaban J connectivity index is 3.85. The van der Waals surface area contributed by atoms with Crippen molar-refractivity contribution in [3.05, 3.63) is 0 Å². The van der Waals surface area contributed by atoms with Gasteiger partial charge >= 0.3 is 11.9 Å². The molecule has 0 aromatic rings. The second kappa shape index (κ2) is 32.4. The summed E-state index contributed by atoms with van der Waals surface area (Å²) in [5.41, 5.74) is 0.0212. The van der Waals surface area contributed by atoms with Crippen LogP contribution in [0, 0.1) is 11.3 Å². The third-order valence-electron chi connectivity index (χ3n) is 9.11. The van der Waals surface area contributed by atoms with E-state index in [1.165, 1.54) is 89.9 Å². The van der Waals surface area contributed by atoms with Crippen LogP contribution in [0.4, 0.5) is 0 Å². The fourth-order valence-electron chi connectivity index (χ4n) is 5.97. The molecule has 0 unspecified atom stereocenters. The summed E-state index contributed by atoms with van der Waals surface area (Å²) >= 11 is 0. The Morgan fingerprint density at radius 2 is 1.09 bits per heavy atom. The fourth-order valence-corrected chi connectivity index (χ4v) is 5.97. The SMILES string of the molecule is CCCCCCCCCOC(=O)CCCCCCCN(CCCO)CCCCCC(C)(C)COC(=O)CCCCCCCC(C)C. The van der Waals surface area contributed by atoms with Crippen LogP contribution in [0.1, 0.15) is 195 Å². The van der Waals surface area contributed by atoms with Crippen LogP contribution in [0.5, 0.6) is 0 Å². The molecule has 0 atom stereocenters. The fraction of sp³-hybridized carbons (Fsp3) is 0.950. The molecule has 0 bridgehead atoms. The minimum absolute atomic E-state index is 0.0212. The van der Waals surface area contributed by atoms with Gasteiger partial charge in [0.25, 0.3) is 0 Å². The van der Waals surface area contributed by atoms with E-state index in [0.717, 1.165) is 83.3 Å². The molecular formula is C40H79NO5. The van der Waals surface area contributed by atoms with Crippen LogP contribution >= 0.6 is 0 Å². The van der Waals surface area contributed by atoms with Gasteiger partial charge in [-0.15, -0.1) is 0 Å². The number of aliphatic hydroxyl groups is 1. The highest BCUT2D eigenvalue weighted by molar-refractivity contribution is 5.69. The van der Waals surface area contributed by atoms with Crippen molar-refractivity contribution >= 4 is 11.9 Å². The van der Waals surface area contributed by atoms with Crippen LogP contribution in [0.25, 0.3) is 0 Å². The van der Waals surface area contributed by atoms with Gasteiger partial charge in [-0.2, -0.15) is 0 Å². The second-order valence-corrected chi connectivity index (χ2v) is 15.1. The number of hydrogen-bond acceptors (Lipinski definition) is 6. The van der Waals surface area contributed by atoms with E-state index in [2.05, 4.69) is 39.5 Å². The molecule has 0 radical (unpaired) electrons. The first kappa shape index (κ1) is 44.9. The standard InChI is InChI=1S/C40H79NO5/c1-6-7-8-9-10-17-25-35-45-38(43)28-20-15-12-16-23-31-41(33-26-34-42)32-24-18-22-30-40(4,5)36-46-39(44)29-21-14-11-13-19-27-37(2)3/h37,42H,6-36H2,1-5H3. The molecular weight excluding hydrogens is 574 g/mol. The molecule has 0 aromatic carbocycles. The monoisotopic (exact) mass is 654 g/mol. The van der Waals surface area contributed by atoms with Crippen LogP contribution in [0.15, 0.2) is 0 Å². The number of esters is 2. The Bertz CT molecular complexity index is 681. The van der Waals surface area contributed by atoms with Gasteiger partial charge in [0.15, 0.2) is 0 Å². The van der Waals surface area contributed by atoms with Crippen LogP contribution in [0.3, 0.4) is 0 Å². The summed E-state index contributed by atoms with van der Waals surface area (Å²) in [4.78, 5) is 26.7. The summed E-state index contributed by atoms with van der Waals surface area (Å²) in [6.07, 6.45) is 27.9. The normalized spacial score (nSPS) is 11.9. The van der Waals surface area contributed by atoms with Crippen LogP contribution < -0.4 is 0 Å². The van der Waals surface area contributed by atoms with Gasteiger partial charge in [0.2, 0.25) is 0 Å². The Morgan fingerprint density at radius 3 is 1.67 bits per heavy atom. The molecule has 46 heavy (non-hydrogen) atoms. The number of aliphatic hydroxyl groups excluding tert-OH is 1. The van der Waals surface area contributed by atoms with Crippen molar-refractivity contribution in [1.29, 1.82) is 0 Å². The Hall–Kier alpha value is -1.14. The summed E-state index contributed by atoms with van der Waals surface area (Å²) in [6, 6.07) is 0. The van der Waals surface area contributed by atoms with E-state index in [1.807, 2.05) is 0 Å². The van der Waals surface area contributed by atoms with Crippen molar-refractivity contribution in [3.63, 3.8) is 0 Å². The predicted octanol–water partition coefficient (Wildman–Crippen LogP) is 10.8. The zero-order valence-electron chi connectivity index (χ0n) is 31.5. The van der Waals surface area contributed by atoms with Crippen LogP contribution in [-0.4, -0.2) is 61.4 Å². The van der Waals surface area contributed by atoms with Crippen LogP contribution in [-0.2, 0) is 19.1 Å². The minimum Gasteiger partial charge on any atom is -0.466 e. The number of rotatable bonds is 35. The van der Waals surface area contributed by atoms with Crippen molar-refractivity contribution in [2.24, 2.45) is 11.3 Å². The number of nitrogens with zero attached hydrogens (tertiary/aromatic N) is 1. The largest absolute Gasteiger partial charge is 0.466 e. The number of ether oxygens (including phenoxy) is 2. The first-order chi connectivity index (χ1) is 22.2. The van der Waals surface area contributed by atoms with Gasteiger partial charge in [-0.25, -0.2) is 0 Å². The van der Waals surface area contributed by atoms with Gasteiger partial charge in [-0.05, 0) is 69.4 Å². The van der Waals surface area contributed by atoms with Crippen molar-refractivity contribution < 1.29 is 24.2 Å². The smallest absolute Gasteiger partial charge is 0.305 e. The highest BCUT2D eigenvalue weighted by Crippen LogP contribution is 2.24. The highest BCUT2D eigenvalue weighted by atomic mass is 16.5. The van der Waals surface area contributed by atoms with Gasteiger partial charge in [0, 0.05) is 26.0 Å². The zero-order valence-corrected chi connectivity index (χ0v) is 31.5. The molecule has 0 aliphatic rings. The van der Waals surface area contributed by atoms with Crippen molar-refractivity contribution in [2.45, 2.75) is 195 Å². The molecule has 0 saturated carbocycles. The van der Waals surface area contributed by atoms with Gasteiger partial charge in [-0.3, -0.25) is 9.59 Å². The van der Waals surface area contributed by atoms with Crippen molar-refractivity contribution in [1.82, 2.24) is 4.90 Å². The maximum Gasteiger partial charge on any atom is 0.305 e. The maximum absolute atomic E-state index is 12.2. The van der Waals surface area contributed by atoms with Crippen molar-refractivity contribution in [3.8, 4) is 0 Å². The lowest BCUT2D eigenvalue weighted by molar-refractivity contribution is -0.147. The quantitative estimate of drug-likeness (QED) is 0.0542. The number of unbranched alkanes of at least 4 members (excludes halogenated alkanes) is 16. The lowest BCUT2D eigenvalue weighted by Crippen LogP contribution is -2.28. The van der Waals surface area contributed by atoms with E-state index in [1.54, 1.807) is 0 Å². The Labute approximate surface area is 286 Å². The van der Waals surface area contributed by atoms with E-state index in [4.69, 9.17) is 9.47 Å². The maximum atomic E-state index is 12.2. The minimum atomic E-state index is -0.0358. The predicted molar refractivity (Wildman–Crippen MR) is 195 cm³/mol. The lowest BCUT2D eigenvalue weighted by Gasteiger charge is -2.25. The molecule has 0 saturated heterocycles. The van der Waals surface area contributed by atoms with E-state index in [-0.39, 0.29) is 24.0 Å². The molecule has 0 aliphatic heterocycles. The van der Waals surface area contributed by atoms with Gasteiger partial charge < -0.3 is 19.5 Å². The van der Waals surface area contributed by atoms with Gasteiger partial charge in [0.05, 0.1) is 13.2 Å². The van der Waals surface area contributed by atoms with Gasteiger partial charge in [0.1, 0.15) is 0 Å². The number of hydrogen-bond donors (Lipinski definition) is 1. The Kier molecular flexibility index (Phi) is 31.6. The van der Waals surface area contributed by atoms with E-state index in [9.17, 15) is 14.7 Å². The number of carbonyl (C=O) groups is 2. The average Bonchev–Trinajstić information content (AvgIpc) is 3.02. The molecule has 6 heteroatoms. The molecule has 0 fully saturated rings. The topological polar surface area (TPSA) is 76.1 Å².